The molecule has 1 aromatic carbocycles. The second-order valence-corrected chi connectivity index (χ2v) is 6.59. The summed E-state index contributed by atoms with van der Waals surface area (Å²) in [6, 6.07) is 3.52. The zero-order valence-electron chi connectivity index (χ0n) is 13.9. The molecule has 1 spiro atoms. The van der Waals surface area contributed by atoms with E-state index in [-0.39, 0.29) is 5.69 Å². The highest BCUT2D eigenvalue weighted by Crippen LogP contribution is 2.34. The van der Waals surface area contributed by atoms with Crippen LogP contribution < -0.4 is 10.6 Å². The van der Waals surface area contributed by atoms with Gasteiger partial charge in [0.1, 0.15) is 12.1 Å². The molecule has 0 atom stereocenters. The molecule has 0 unspecified atom stereocenters. The summed E-state index contributed by atoms with van der Waals surface area (Å²) >= 11 is 0. The highest BCUT2D eigenvalue weighted by molar-refractivity contribution is 6.10. The van der Waals surface area contributed by atoms with Crippen LogP contribution in [0.4, 0.5) is 23.7 Å². The number of carbonyl (C=O) groups excluding carboxylic acids is 3. The summed E-state index contributed by atoms with van der Waals surface area (Å²) in [5.41, 5.74) is -1.89. The van der Waals surface area contributed by atoms with Crippen LogP contribution in [0.1, 0.15) is 37.7 Å². The first kappa shape index (κ1) is 18.2. The van der Waals surface area contributed by atoms with Crippen molar-refractivity contribution in [3.8, 4) is 0 Å². The number of anilines is 1. The summed E-state index contributed by atoms with van der Waals surface area (Å²) in [4.78, 5) is 37.6. The average molecular weight is 369 g/mol. The van der Waals surface area contributed by atoms with Gasteiger partial charge < -0.3 is 10.6 Å². The van der Waals surface area contributed by atoms with Crippen LogP contribution in [0.25, 0.3) is 0 Å². The van der Waals surface area contributed by atoms with Gasteiger partial charge in [-0.2, -0.15) is 13.2 Å². The number of nitrogens with zero attached hydrogens (tertiary/aromatic N) is 1. The SMILES string of the molecule is O=C(CN1C(=O)NC2(CCCCC2)C1=O)Nc1cccc(C(F)(F)F)c1. The van der Waals surface area contributed by atoms with Crippen molar-refractivity contribution in [3.05, 3.63) is 29.8 Å². The predicted molar refractivity (Wildman–Crippen MR) is 86.1 cm³/mol. The second kappa shape index (κ2) is 6.62. The van der Waals surface area contributed by atoms with Gasteiger partial charge in [-0.15, -0.1) is 0 Å². The van der Waals surface area contributed by atoms with Gasteiger partial charge in [0.05, 0.1) is 5.56 Å². The number of amides is 4. The fraction of sp³-hybridized carbons (Fsp3) is 0.471. The van der Waals surface area contributed by atoms with E-state index in [0.29, 0.717) is 12.8 Å². The molecule has 2 N–H and O–H groups in total. The molecule has 1 aliphatic heterocycles. The van der Waals surface area contributed by atoms with Gasteiger partial charge in [-0.05, 0) is 31.0 Å². The molecule has 0 radical (unpaired) electrons. The summed E-state index contributed by atoms with van der Waals surface area (Å²) in [5.74, 6) is -1.18. The van der Waals surface area contributed by atoms with Crippen molar-refractivity contribution in [3.63, 3.8) is 0 Å². The molecular formula is C17H18F3N3O3. The average Bonchev–Trinajstić information content (AvgIpc) is 2.79. The number of alkyl halides is 3. The molecule has 1 aliphatic carbocycles. The highest BCUT2D eigenvalue weighted by Gasteiger charge is 2.51. The maximum atomic E-state index is 12.7. The molecule has 1 aromatic rings. The fourth-order valence-corrected chi connectivity index (χ4v) is 3.43. The fourth-order valence-electron chi connectivity index (χ4n) is 3.43. The summed E-state index contributed by atoms with van der Waals surface area (Å²) < 4.78 is 38.2. The lowest BCUT2D eigenvalue weighted by Gasteiger charge is -2.30. The molecule has 1 heterocycles. The van der Waals surface area contributed by atoms with E-state index in [1.54, 1.807) is 0 Å². The monoisotopic (exact) mass is 369 g/mol. The normalized spacial score (nSPS) is 19.6. The third-order valence-corrected chi connectivity index (χ3v) is 4.73. The first-order chi connectivity index (χ1) is 12.2. The van der Waals surface area contributed by atoms with E-state index < -0.39 is 41.7 Å². The number of rotatable bonds is 3. The largest absolute Gasteiger partial charge is 0.416 e. The van der Waals surface area contributed by atoms with Gasteiger partial charge in [0.2, 0.25) is 5.91 Å². The van der Waals surface area contributed by atoms with Crippen molar-refractivity contribution in [2.75, 3.05) is 11.9 Å². The van der Waals surface area contributed by atoms with Gasteiger partial charge in [0.25, 0.3) is 5.91 Å². The quantitative estimate of drug-likeness (QED) is 0.804. The Morgan fingerprint density at radius 3 is 2.54 bits per heavy atom. The minimum atomic E-state index is -4.53. The van der Waals surface area contributed by atoms with Crippen molar-refractivity contribution < 1.29 is 27.6 Å². The number of benzene rings is 1. The van der Waals surface area contributed by atoms with E-state index in [9.17, 15) is 27.6 Å². The van der Waals surface area contributed by atoms with Gasteiger partial charge in [0.15, 0.2) is 0 Å². The second-order valence-electron chi connectivity index (χ2n) is 6.59. The van der Waals surface area contributed by atoms with Crippen LogP contribution in [0.15, 0.2) is 24.3 Å². The van der Waals surface area contributed by atoms with E-state index in [1.807, 2.05) is 0 Å². The lowest BCUT2D eigenvalue weighted by molar-refractivity contribution is -0.137. The molecule has 4 amide bonds. The lowest BCUT2D eigenvalue weighted by atomic mass is 9.82. The summed E-state index contributed by atoms with van der Waals surface area (Å²) in [6.45, 7) is -0.539. The standard InChI is InChI=1S/C17H18F3N3O3/c18-17(19,20)11-5-4-6-12(9-11)21-13(24)10-23-14(25)16(22-15(23)26)7-2-1-3-8-16/h4-6,9H,1-3,7-8,10H2,(H,21,24)(H,22,26). The van der Waals surface area contributed by atoms with Crippen LogP contribution in [0.3, 0.4) is 0 Å². The zero-order chi connectivity index (χ0) is 18.9. The van der Waals surface area contributed by atoms with Crippen molar-refractivity contribution in [1.82, 2.24) is 10.2 Å². The summed E-state index contributed by atoms with van der Waals surface area (Å²) in [7, 11) is 0. The molecule has 0 bridgehead atoms. The zero-order valence-corrected chi connectivity index (χ0v) is 13.9. The maximum Gasteiger partial charge on any atom is 0.416 e. The first-order valence-corrected chi connectivity index (χ1v) is 8.32. The Balaban J connectivity index is 1.67. The predicted octanol–water partition coefficient (Wildman–Crippen LogP) is 2.90. The Hall–Kier alpha value is -2.58. The molecular weight excluding hydrogens is 351 g/mol. The summed E-state index contributed by atoms with van der Waals surface area (Å²) in [6.07, 6.45) is -0.848. The van der Waals surface area contributed by atoms with E-state index in [1.165, 1.54) is 12.1 Å². The van der Waals surface area contributed by atoms with Crippen molar-refractivity contribution in [2.24, 2.45) is 0 Å². The van der Waals surface area contributed by atoms with Crippen molar-refractivity contribution in [2.45, 2.75) is 43.8 Å². The molecule has 1 saturated carbocycles. The number of nitrogens with one attached hydrogen (secondary N) is 2. The molecule has 2 fully saturated rings. The number of halogens is 3. The number of imide groups is 1. The van der Waals surface area contributed by atoms with Gasteiger partial charge >= 0.3 is 12.2 Å². The topological polar surface area (TPSA) is 78.5 Å². The van der Waals surface area contributed by atoms with Gasteiger partial charge in [0, 0.05) is 5.69 Å². The highest BCUT2D eigenvalue weighted by atomic mass is 19.4. The Kier molecular flexibility index (Phi) is 4.64. The molecule has 1 saturated heterocycles. The van der Waals surface area contributed by atoms with Gasteiger partial charge in [-0.1, -0.05) is 25.3 Å². The molecule has 6 nitrogen and oxygen atoms in total. The van der Waals surface area contributed by atoms with E-state index in [2.05, 4.69) is 10.6 Å². The third-order valence-electron chi connectivity index (χ3n) is 4.73. The van der Waals surface area contributed by atoms with E-state index >= 15 is 0 Å². The first-order valence-electron chi connectivity index (χ1n) is 8.32. The van der Waals surface area contributed by atoms with Gasteiger partial charge in [-0.3, -0.25) is 14.5 Å². The van der Waals surface area contributed by atoms with E-state index in [0.717, 1.165) is 36.3 Å². The molecule has 0 aromatic heterocycles. The van der Waals surface area contributed by atoms with Crippen molar-refractivity contribution in [1.29, 1.82) is 0 Å². The Morgan fingerprint density at radius 1 is 1.19 bits per heavy atom. The Bertz CT molecular complexity index is 742. The van der Waals surface area contributed by atoms with Crippen LogP contribution in [-0.4, -0.2) is 34.8 Å². The Morgan fingerprint density at radius 2 is 1.88 bits per heavy atom. The minimum Gasteiger partial charge on any atom is -0.325 e. The van der Waals surface area contributed by atoms with Gasteiger partial charge in [-0.25, -0.2) is 4.79 Å². The van der Waals surface area contributed by atoms with Crippen LogP contribution in [0.5, 0.6) is 0 Å². The number of carbonyl (C=O) groups is 3. The molecule has 2 aliphatic rings. The third kappa shape index (κ3) is 3.51. The van der Waals surface area contributed by atoms with E-state index in [4.69, 9.17) is 0 Å². The molecule has 3 rings (SSSR count). The van der Waals surface area contributed by atoms with Crippen LogP contribution in [0.2, 0.25) is 0 Å². The number of urea groups is 1. The maximum absolute atomic E-state index is 12.7. The van der Waals surface area contributed by atoms with Crippen LogP contribution in [0, 0.1) is 0 Å². The summed E-state index contributed by atoms with van der Waals surface area (Å²) in [5, 5.41) is 4.98. The van der Waals surface area contributed by atoms with Crippen LogP contribution >= 0.6 is 0 Å². The van der Waals surface area contributed by atoms with Crippen molar-refractivity contribution >= 4 is 23.5 Å². The molecule has 26 heavy (non-hydrogen) atoms. The smallest absolute Gasteiger partial charge is 0.325 e. The number of hydrogen-bond donors (Lipinski definition) is 2. The number of hydrogen-bond acceptors (Lipinski definition) is 3. The minimum absolute atomic E-state index is 0.0516. The molecule has 140 valence electrons. The van der Waals surface area contributed by atoms with Crippen LogP contribution in [-0.2, 0) is 15.8 Å². The lowest BCUT2D eigenvalue weighted by Crippen LogP contribution is -2.48. The molecule has 9 heteroatoms. The Labute approximate surface area is 147 Å².